The van der Waals surface area contributed by atoms with Crippen molar-refractivity contribution in [2.75, 3.05) is 6.61 Å². The van der Waals surface area contributed by atoms with Crippen LogP contribution in [-0.4, -0.2) is 12.6 Å². The summed E-state index contributed by atoms with van der Waals surface area (Å²) in [4.78, 5) is 10.7. The molecule has 0 saturated heterocycles. The van der Waals surface area contributed by atoms with Gasteiger partial charge in [0.1, 0.15) is 0 Å². The van der Waals surface area contributed by atoms with Crippen molar-refractivity contribution < 1.29 is 9.53 Å². The Morgan fingerprint density at radius 1 is 1.00 bits per heavy atom. The largest absolute Gasteiger partial charge is 0.466 e. The van der Waals surface area contributed by atoms with Crippen LogP contribution in [0.5, 0.6) is 0 Å². The van der Waals surface area contributed by atoms with Crippen molar-refractivity contribution in [1.82, 2.24) is 6.15 Å². The Balaban J connectivity index is 0. The van der Waals surface area contributed by atoms with Crippen molar-refractivity contribution in [1.29, 1.82) is 0 Å². The van der Waals surface area contributed by atoms with Crippen molar-refractivity contribution in [2.45, 2.75) is 58.8 Å². The van der Waals surface area contributed by atoms with Gasteiger partial charge in [-0.1, -0.05) is 46.0 Å². The van der Waals surface area contributed by atoms with Crippen LogP contribution in [0.1, 0.15) is 58.8 Å². The van der Waals surface area contributed by atoms with Crippen molar-refractivity contribution in [2.24, 2.45) is 0 Å². The Morgan fingerprint density at radius 3 is 2.14 bits per heavy atom. The number of carbonyl (C=O) groups excluding carboxylic acids is 1. The molecular formula is C11H25NO2. The average molecular weight is 203 g/mol. The Bertz CT molecular complexity index is 126. The predicted molar refractivity (Wildman–Crippen MR) is 59.6 cm³/mol. The molecule has 0 amide bonds. The van der Waals surface area contributed by atoms with Crippen molar-refractivity contribution in [3.8, 4) is 0 Å². The van der Waals surface area contributed by atoms with E-state index in [9.17, 15) is 4.79 Å². The number of hydrogen-bond acceptors (Lipinski definition) is 3. The second-order valence-corrected chi connectivity index (χ2v) is 3.34. The van der Waals surface area contributed by atoms with Gasteiger partial charge in [-0.3, -0.25) is 4.79 Å². The molecule has 0 aromatic rings. The van der Waals surface area contributed by atoms with Crippen LogP contribution < -0.4 is 6.15 Å². The van der Waals surface area contributed by atoms with E-state index in [-0.39, 0.29) is 12.1 Å². The number of ether oxygens (including phenoxy) is 1. The third-order valence-corrected chi connectivity index (χ3v) is 2.05. The highest BCUT2D eigenvalue weighted by Gasteiger charge is 1.96. The molecular weight excluding hydrogens is 178 g/mol. The van der Waals surface area contributed by atoms with E-state index in [0.717, 1.165) is 6.42 Å². The molecule has 3 heteroatoms. The molecule has 0 unspecified atom stereocenters. The SMILES string of the molecule is CCCCCCCCOC(=O)CC.N. The molecule has 0 rings (SSSR count). The van der Waals surface area contributed by atoms with Crippen LogP contribution in [0.3, 0.4) is 0 Å². The number of unbranched alkanes of at least 4 members (excludes halogenated alkanes) is 5. The zero-order valence-electron chi connectivity index (χ0n) is 9.68. The molecule has 0 heterocycles. The summed E-state index contributed by atoms with van der Waals surface area (Å²) >= 11 is 0. The molecule has 0 aliphatic carbocycles. The summed E-state index contributed by atoms with van der Waals surface area (Å²) in [7, 11) is 0. The maximum atomic E-state index is 10.7. The third-order valence-electron chi connectivity index (χ3n) is 2.05. The first kappa shape index (κ1) is 15.9. The topological polar surface area (TPSA) is 61.3 Å². The van der Waals surface area contributed by atoms with Gasteiger partial charge in [0.05, 0.1) is 6.61 Å². The van der Waals surface area contributed by atoms with Gasteiger partial charge in [0.2, 0.25) is 0 Å². The zero-order valence-corrected chi connectivity index (χ0v) is 9.68. The van der Waals surface area contributed by atoms with Crippen LogP contribution in [-0.2, 0) is 9.53 Å². The number of carbonyl (C=O) groups is 1. The summed E-state index contributed by atoms with van der Waals surface area (Å²) in [6, 6.07) is 0. The molecule has 0 spiro atoms. The lowest BCUT2D eigenvalue weighted by molar-refractivity contribution is -0.143. The van der Waals surface area contributed by atoms with Crippen LogP contribution in [0.4, 0.5) is 0 Å². The monoisotopic (exact) mass is 203 g/mol. The van der Waals surface area contributed by atoms with Crippen LogP contribution >= 0.6 is 0 Å². The number of hydrogen-bond donors (Lipinski definition) is 1. The molecule has 0 fully saturated rings. The normalized spacial score (nSPS) is 9.29. The van der Waals surface area contributed by atoms with Gasteiger partial charge in [-0.2, -0.15) is 0 Å². The van der Waals surface area contributed by atoms with Gasteiger partial charge in [-0.25, -0.2) is 0 Å². The second kappa shape index (κ2) is 12.4. The van der Waals surface area contributed by atoms with E-state index in [0.29, 0.717) is 13.0 Å². The average Bonchev–Trinajstić information content (AvgIpc) is 2.16. The van der Waals surface area contributed by atoms with E-state index >= 15 is 0 Å². The summed E-state index contributed by atoms with van der Waals surface area (Å²) in [6.45, 7) is 4.64. The van der Waals surface area contributed by atoms with Gasteiger partial charge in [-0.05, 0) is 6.42 Å². The highest BCUT2D eigenvalue weighted by Crippen LogP contribution is 2.04. The Morgan fingerprint density at radius 2 is 1.57 bits per heavy atom. The Labute approximate surface area is 87.8 Å². The third kappa shape index (κ3) is 11.4. The summed E-state index contributed by atoms with van der Waals surface area (Å²) in [5.74, 6) is -0.0754. The molecule has 3 nitrogen and oxygen atoms in total. The smallest absolute Gasteiger partial charge is 0.305 e. The second-order valence-electron chi connectivity index (χ2n) is 3.34. The zero-order chi connectivity index (χ0) is 9.94. The molecule has 0 radical (unpaired) electrons. The molecule has 14 heavy (non-hydrogen) atoms. The van der Waals surface area contributed by atoms with Gasteiger partial charge >= 0.3 is 5.97 Å². The fourth-order valence-electron chi connectivity index (χ4n) is 1.17. The van der Waals surface area contributed by atoms with Crippen molar-refractivity contribution in [3.63, 3.8) is 0 Å². The number of esters is 1. The summed E-state index contributed by atoms with van der Waals surface area (Å²) in [5, 5.41) is 0. The van der Waals surface area contributed by atoms with E-state index in [2.05, 4.69) is 6.92 Å². The molecule has 86 valence electrons. The fraction of sp³-hybridized carbons (Fsp3) is 0.909. The Kier molecular flexibility index (Phi) is 14.1. The van der Waals surface area contributed by atoms with E-state index in [1.54, 1.807) is 0 Å². The van der Waals surface area contributed by atoms with Crippen molar-refractivity contribution >= 4 is 5.97 Å². The molecule has 0 aromatic carbocycles. The van der Waals surface area contributed by atoms with Crippen LogP contribution in [0, 0.1) is 0 Å². The van der Waals surface area contributed by atoms with Gasteiger partial charge in [0.15, 0.2) is 0 Å². The lowest BCUT2D eigenvalue weighted by atomic mass is 10.1. The predicted octanol–water partition coefficient (Wildman–Crippen LogP) is 3.46. The van der Waals surface area contributed by atoms with Crippen LogP contribution in [0.2, 0.25) is 0 Å². The lowest BCUT2D eigenvalue weighted by Crippen LogP contribution is -2.03. The lowest BCUT2D eigenvalue weighted by Gasteiger charge is -2.02. The van der Waals surface area contributed by atoms with E-state index in [4.69, 9.17) is 4.74 Å². The van der Waals surface area contributed by atoms with Gasteiger partial charge in [0, 0.05) is 6.42 Å². The van der Waals surface area contributed by atoms with E-state index < -0.39 is 0 Å². The highest BCUT2D eigenvalue weighted by molar-refractivity contribution is 5.68. The van der Waals surface area contributed by atoms with E-state index in [1.807, 2.05) is 6.92 Å². The van der Waals surface area contributed by atoms with Crippen LogP contribution in [0.15, 0.2) is 0 Å². The maximum Gasteiger partial charge on any atom is 0.305 e. The molecule has 3 N–H and O–H groups in total. The summed E-state index contributed by atoms with van der Waals surface area (Å²) in [6.07, 6.45) is 7.91. The Hall–Kier alpha value is -0.570. The van der Waals surface area contributed by atoms with E-state index in [1.165, 1.54) is 32.1 Å². The van der Waals surface area contributed by atoms with Gasteiger partial charge < -0.3 is 10.9 Å². The highest BCUT2D eigenvalue weighted by atomic mass is 16.5. The fourth-order valence-corrected chi connectivity index (χ4v) is 1.17. The minimum Gasteiger partial charge on any atom is -0.466 e. The minimum absolute atomic E-state index is 0. The van der Waals surface area contributed by atoms with Crippen molar-refractivity contribution in [3.05, 3.63) is 0 Å². The van der Waals surface area contributed by atoms with Gasteiger partial charge in [0.25, 0.3) is 0 Å². The van der Waals surface area contributed by atoms with Gasteiger partial charge in [-0.15, -0.1) is 0 Å². The molecule has 0 saturated carbocycles. The maximum absolute atomic E-state index is 10.7. The summed E-state index contributed by atoms with van der Waals surface area (Å²) < 4.78 is 4.96. The molecule has 0 bridgehead atoms. The first-order valence-electron chi connectivity index (χ1n) is 5.46. The number of rotatable bonds is 8. The molecule has 0 aliphatic heterocycles. The molecule has 0 aromatic heterocycles. The molecule has 0 aliphatic rings. The summed E-state index contributed by atoms with van der Waals surface area (Å²) in [5.41, 5.74) is 0. The minimum atomic E-state index is -0.0754. The standard InChI is InChI=1S/C11H22O2.H3N/c1-3-5-6-7-8-9-10-13-11(12)4-2;/h3-10H2,1-2H3;1H3. The van der Waals surface area contributed by atoms with Crippen LogP contribution in [0.25, 0.3) is 0 Å². The molecule has 0 atom stereocenters. The first-order valence-corrected chi connectivity index (χ1v) is 5.46. The quantitative estimate of drug-likeness (QED) is 0.485. The first-order chi connectivity index (χ1) is 6.31.